The Kier molecular flexibility index (Phi) is 7.25. The van der Waals surface area contributed by atoms with Gasteiger partial charge in [-0.25, -0.2) is 8.42 Å². The Bertz CT molecular complexity index is 1340. The maximum absolute atomic E-state index is 13.5. The second kappa shape index (κ2) is 10.4. The van der Waals surface area contributed by atoms with Crippen molar-refractivity contribution in [1.82, 2.24) is 15.1 Å². The van der Waals surface area contributed by atoms with Gasteiger partial charge < -0.3 is 19.5 Å². The second-order valence-electron chi connectivity index (χ2n) is 8.67. The fourth-order valence-corrected chi connectivity index (χ4v) is 5.36. The van der Waals surface area contributed by atoms with Crippen LogP contribution < -0.4 is 5.32 Å². The molecule has 9 nitrogen and oxygen atoms in total. The maximum atomic E-state index is 13.5. The van der Waals surface area contributed by atoms with E-state index in [1.54, 1.807) is 48.5 Å². The first-order valence-electron chi connectivity index (χ1n) is 11.5. The van der Waals surface area contributed by atoms with Gasteiger partial charge in [0, 0.05) is 31.7 Å². The van der Waals surface area contributed by atoms with Gasteiger partial charge in [0.05, 0.1) is 11.2 Å². The van der Waals surface area contributed by atoms with E-state index in [1.807, 2.05) is 13.8 Å². The van der Waals surface area contributed by atoms with Gasteiger partial charge in [-0.2, -0.15) is 0 Å². The number of nitrogens with one attached hydrogen (secondary N) is 1. The van der Waals surface area contributed by atoms with Crippen molar-refractivity contribution in [3.8, 4) is 0 Å². The van der Waals surface area contributed by atoms with E-state index in [4.69, 9.17) is 4.42 Å². The molecule has 2 aromatic carbocycles. The number of furan rings is 1. The molecule has 10 heteroatoms. The highest BCUT2D eigenvalue weighted by molar-refractivity contribution is 7.92. The number of carbonyl (C=O) groups is 3. The van der Waals surface area contributed by atoms with Crippen LogP contribution in [0.4, 0.5) is 0 Å². The normalized spacial score (nSPS) is 14.8. The Morgan fingerprint density at radius 1 is 0.833 bits per heavy atom. The van der Waals surface area contributed by atoms with Crippen LogP contribution in [0.2, 0.25) is 0 Å². The lowest BCUT2D eigenvalue weighted by molar-refractivity contribution is -0.132. The summed E-state index contributed by atoms with van der Waals surface area (Å²) < 4.78 is 32.2. The molecule has 1 aliphatic heterocycles. The predicted octanol–water partition coefficient (Wildman–Crippen LogP) is 2.41. The first-order valence-corrected chi connectivity index (χ1v) is 13.0. The number of nitrogens with zero attached hydrogens (tertiary/aromatic N) is 2. The van der Waals surface area contributed by atoms with Gasteiger partial charge in [-0.1, -0.05) is 35.4 Å². The van der Waals surface area contributed by atoms with Crippen LogP contribution in [0.25, 0.3) is 0 Å². The summed E-state index contributed by atoms with van der Waals surface area (Å²) >= 11 is 0. The van der Waals surface area contributed by atoms with Crippen LogP contribution in [0.5, 0.6) is 0 Å². The molecule has 3 aromatic rings. The Labute approximate surface area is 209 Å². The Morgan fingerprint density at radius 3 is 1.94 bits per heavy atom. The Morgan fingerprint density at radius 2 is 1.39 bits per heavy atom. The summed E-state index contributed by atoms with van der Waals surface area (Å²) in [6.07, 6.45) is 1.41. The van der Waals surface area contributed by atoms with Crippen LogP contribution in [0.3, 0.4) is 0 Å². The topological polar surface area (TPSA) is 117 Å². The third-order valence-corrected chi connectivity index (χ3v) is 7.94. The van der Waals surface area contributed by atoms with Gasteiger partial charge in [0.1, 0.15) is 0 Å². The lowest BCUT2D eigenvalue weighted by atomic mass is 10.1. The van der Waals surface area contributed by atoms with E-state index < -0.39 is 27.0 Å². The zero-order chi connectivity index (χ0) is 25.9. The fraction of sp³-hybridized carbons (Fsp3) is 0.269. The minimum atomic E-state index is -4.26. The third kappa shape index (κ3) is 5.33. The molecule has 1 saturated heterocycles. The fourth-order valence-electron chi connectivity index (χ4n) is 3.90. The molecular formula is C26H27N3O6S. The van der Waals surface area contributed by atoms with Gasteiger partial charge in [0.15, 0.2) is 5.76 Å². The highest BCUT2D eigenvalue weighted by Crippen LogP contribution is 2.19. The van der Waals surface area contributed by atoms with Crippen molar-refractivity contribution in [3.63, 3.8) is 0 Å². The number of carbonyl (C=O) groups excluding carboxylic acids is 3. The van der Waals surface area contributed by atoms with Gasteiger partial charge in [-0.3, -0.25) is 14.4 Å². The molecule has 0 spiro atoms. The van der Waals surface area contributed by atoms with Crippen molar-refractivity contribution in [2.24, 2.45) is 0 Å². The number of hydrogen-bond donors (Lipinski definition) is 1. The average Bonchev–Trinajstić information content (AvgIpc) is 3.42. The van der Waals surface area contributed by atoms with Crippen molar-refractivity contribution >= 4 is 27.6 Å². The standard InChI is InChI=1S/C26H27N3O6S/c1-18-5-9-20(10-6-18)23(30)27-24(36(33,34)21-11-7-19(2)8-12-21)26(32)29-15-13-28(14-16-29)25(31)22-4-3-17-35-22/h3-12,17,24H,13-16H2,1-2H3,(H,27,30). The number of piperazine rings is 1. The van der Waals surface area contributed by atoms with E-state index in [0.29, 0.717) is 0 Å². The lowest BCUT2D eigenvalue weighted by Crippen LogP contribution is -2.57. The van der Waals surface area contributed by atoms with Crippen LogP contribution in [0.15, 0.2) is 76.2 Å². The first-order chi connectivity index (χ1) is 17.2. The number of benzene rings is 2. The van der Waals surface area contributed by atoms with Crippen molar-refractivity contribution < 1.29 is 27.2 Å². The molecule has 36 heavy (non-hydrogen) atoms. The van der Waals surface area contributed by atoms with Crippen molar-refractivity contribution in [2.75, 3.05) is 26.2 Å². The summed E-state index contributed by atoms with van der Waals surface area (Å²) in [7, 11) is -4.26. The second-order valence-corrected chi connectivity index (χ2v) is 10.7. The van der Waals surface area contributed by atoms with Gasteiger partial charge in [0.2, 0.25) is 15.2 Å². The van der Waals surface area contributed by atoms with Gasteiger partial charge in [-0.15, -0.1) is 0 Å². The Hall–Kier alpha value is -3.92. The minimum absolute atomic E-state index is 0.0673. The largest absolute Gasteiger partial charge is 0.459 e. The van der Waals surface area contributed by atoms with Crippen LogP contribution in [0.1, 0.15) is 32.0 Å². The van der Waals surface area contributed by atoms with Crippen molar-refractivity contribution in [1.29, 1.82) is 0 Å². The summed E-state index contributed by atoms with van der Waals surface area (Å²) in [5.41, 5.74) is 2.04. The third-order valence-electron chi connectivity index (χ3n) is 6.07. The molecule has 4 rings (SSSR count). The first kappa shape index (κ1) is 25.2. The highest BCUT2D eigenvalue weighted by atomic mass is 32.2. The minimum Gasteiger partial charge on any atom is -0.459 e. The van der Waals surface area contributed by atoms with E-state index in [2.05, 4.69) is 5.32 Å². The zero-order valence-corrected chi connectivity index (χ0v) is 20.8. The summed E-state index contributed by atoms with van der Waals surface area (Å²) in [6, 6.07) is 15.9. The molecule has 3 amide bonds. The SMILES string of the molecule is Cc1ccc(C(=O)NC(C(=O)N2CCN(C(=O)c3ccco3)CC2)S(=O)(=O)c2ccc(C)cc2)cc1. The van der Waals surface area contributed by atoms with E-state index in [-0.39, 0.29) is 48.3 Å². The zero-order valence-electron chi connectivity index (χ0n) is 20.0. The van der Waals surface area contributed by atoms with E-state index >= 15 is 0 Å². The molecule has 0 aliphatic carbocycles. The number of aryl methyl sites for hydroxylation is 2. The smallest absolute Gasteiger partial charge is 0.289 e. The van der Waals surface area contributed by atoms with Crippen LogP contribution in [-0.4, -0.2) is 67.5 Å². The molecule has 1 aliphatic rings. The van der Waals surface area contributed by atoms with Crippen molar-refractivity contribution in [3.05, 3.63) is 89.4 Å². The molecule has 0 bridgehead atoms. The maximum Gasteiger partial charge on any atom is 0.289 e. The van der Waals surface area contributed by atoms with Crippen molar-refractivity contribution in [2.45, 2.75) is 24.1 Å². The molecule has 188 valence electrons. The molecule has 2 heterocycles. The van der Waals surface area contributed by atoms with Gasteiger partial charge in [-0.05, 0) is 50.2 Å². The molecule has 1 atom stereocenters. The van der Waals surface area contributed by atoms with Crippen LogP contribution in [-0.2, 0) is 14.6 Å². The molecule has 1 fully saturated rings. The molecule has 1 aromatic heterocycles. The predicted molar refractivity (Wildman–Crippen MR) is 132 cm³/mol. The van der Waals surface area contributed by atoms with Gasteiger partial charge in [0.25, 0.3) is 17.7 Å². The van der Waals surface area contributed by atoms with Crippen LogP contribution >= 0.6 is 0 Å². The highest BCUT2D eigenvalue weighted by Gasteiger charge is 2.39. The summed E-state index contributed by atoms with van der Waals surface area (Å²) in [5.74, 6) is -1.53. The summed E-state index contributed by atoms with van der Waals surface area (Å²) in [5, 5.41) is 0.628. The molecular weight excluding hydrogens is 482 g/mol. The summed E-state index contributed by atoms with van der Waals surface area (Å²) in [4.78, 5) is 41.8. The number of sulfone groups is 1. The quantitative estimate of drug-likeness (QED) is 0.546. The number of amides is 3. The molecule has 0 radical (unpaired) electrons. The van der Waals surface area contributed by atoms with E-state index in [1.165, 1.54) is 28.2 Å². The molecule has 1 unspecified atom stereocenters. The van der Waals surface area contributed by atoms with E-state index in [0.717, 1.165) is 11.1 Å². The lowest BCUT2D eigenvalue weighted by Gasteiger charge is -2.36. The average molecular weight is 510 g/mol. The van der Waals surface area contributed by atoms with Crippen LogP contribution in [0, 0.1) is 13.8 Å². The van der Waals surface area contributed by atoms with E-state index in [9.17, 15) is 22.8 Å². The Balaban J connectivity index is 1.56. The number of hydrogen-bond acceptors (Lipinski definition) is 6. The number of rotatable bonds is 6. The summed E-state index contributed by atoms with van der Waals surface area (Å²) in [6.45, 7) is 4.33. The van der Waals surface area contributed by atoms with Gasteiger partial charge >= 0.3 is 0 Å². The monoisotopic (exact) mass is 509 g/mol. The molecule has 1 N–H and O–H groups in total. The molecule has 0 saturated carbocycles.